The Bertz CT molecular complexity index is 795. The molecule has 0 unspecified atom stereocenters. The van der Waals surface area contributed by atoms with Crippen molar-refractivity contribution in [1.29, 1.82) is 0 Å². The van der Waals surface area contributed by atoms with Gasteiger partial charge in [-0.25, -0.2) is 0 Å². The largest absolute Gasteiger partial charge is 0.365 e. The van der Waals surface area contributed by atoms with E-state index in [1.807, 2.05) is 39.3 Å². The molecule has 2 N–H and O–H groups in total. The number of anilines is 2. The van der Waals surface area contributed by atoms with E-state index in [0.717, 1.165) is 29.9 Å². The number of benzene rings is 1. The molecule has 3 aromatic rings. The van der Waals surface area contributed by atoms with Crippen LogP contribution in [-0.4, -0.2) is 51.8 Å². The van der Waals surface area contributed by atoms with E-state index in [1.165, 1.54) is 5.56 Å². The van der Waals surface area contributed by atoms with E-state index < -0.39 is 0 Å². The summed E-state index contributed by atoms with van der Waals surface area (Å²) in [4.78, 5) is 11.3. The molecule has 0 bridgehead atoms. The third kappa shape index (κ3) is 3.80. The van der Waals surface area contributed by atoms with Gasteiger partial charge in [-0.05, 0) is 19.7 Å². The van der Waals surface area contributed by atoms with Gasteiger partial charge in [-0.2, -0.15) is 15.1 Å². The van der Waals surface area contributed by atoms with Crippen LogP contribution < -0.4 is 10.6 Å². The van der Waals surface area contributed by atoms with E-state index in [0.29, 0.717) is 12.5 Å². The Morgan fingerprint density at radius 2 is 1.88 bits per heavy atom. The Hall–Kier alpha value is -2.67. The van der Waals surface area contributed by atoms with Crippen LogP contribution in [0.25, 0.3) is 11.0 Å². The fourth-order valence-corrected chi connectivity index (χ4v) is 2.41. The van der Waals surface area contributed by atoms with Crippen molar-refractivity contribution in [1.82, 2.24) is 24.6 Å². The molecule has 0 aliphatic heterocycles. The molecule has 0 aliphatic rings. The van der Waals surface area contributed by atoms with Crippen LogP contribution in [-0.2, 0) is 13.6 Å². The lowest BCUT2D eigenvalue weighted by molar-refractivity contribution is 0.425. The molecule has 0 saturated carbocycles. The van der Waals surface area contributed by atoms with Crippen molar-refractivity contribution in [3.8, 4) is 0 Å². The maximum atomic E-state index is 4.62. The summed E-state index contributed by atoms with van der Waals surface area (Å²) < 4.78 is 1.77. The number of hydrogen-bond acceptors (Lipinski definition) is 6. The Kier molecular flexibility index (Phi) is 4.90. The molecule has 0 fully saturated rings. The average molecular weight is 325 g/mol. The minimum Gasteiger partial charge on any atom is -0.365 e. The van der Waals surface area contributed by atoms with E-state index in [2.05, 4.69) is 42.7 Å². The van der Waals surface area contributed by atoms with Gasteiger partial charge in [0, 0.05) is 26.7 Å². The van der Waals surface area contributed by atoms with Gasteiger partial charge >= 0.3 is 0 Å². The number of likely N-dealkylation sites (N-methyl/N-ethyl adjacent to an activating group) is 1. The summed E-state index contributed by atoms with van der Waals surface area (Å²) in [6, 6.07) is 10.3. The van der Waals surface area contributed by atoms with Gasteiger partial charge < -0.3 is 15.5 Å². The van der Waals surface area contributed by atoms with Crippen molar-refractivity contribution < 1.29 is 0 Å². The molecule has 0 saturated heterocycles. The number of nitrogens with zero attached hydrogens (tertiary/aromatic N) is 5. The molecule has 0 spiro atoms. The lowest BCUT2D eigenvalue weighted by atomic mass is 10.2. The zero-order valence-electron chi connectivity index (χ0n) is 14.3. The number of aryl methyl sites for hydroxylation is 1. The molecule has 0 aliphatic carbocycles. The maximum Gasteiger partial charge on any atom is 0.226 e. The molecular weight excluding hydrogens is 302 g/mol. The molecule has 2 aromatic heterocycles. The summed E-state index contributed by atoms with van der Waals surface area (Å²) in [5.74, 6) is 1.41. The zero-order chi connectivity index (χ0) is 16.9. The molecule has 7 heteroatoms. The summed E-state index contributed by atoms with van der Waals surface area (Å²) in [6.07, 6.45) is 1.80. The summed E-state index contributed by atoms with van der Waals surface area (Å²) in [7, 11) is 5.97. The van der Waals surface area contributed by atoms with Crippen LogP contribution in [0.1, 0.15) is 5.56 Å². The van der Waals surface area contributed by atoms with E-state index >= 15 is 0 Å². The monoisotopic (exact) mass is 325 g/mol. The molecule has 2 heterocycles. The SMILES string of the molecule is CN(C)CCNc1nc(NCc2ccccc2)c2cnn(C)c2n1. The lowest BCUT2D eigenvalue weighted by Crippen LogP contribution is -2.21. The average Bonchev–Trinajstić information content (AvgIpc) is 2.95. The Balaban J connectivity index is 1.82. The van der Waals surface area contributed by atoms with Crippen LogP contribution in [0.4, 0.5) is 11.8 Å². The molecule has 3 rings (SSSR count). The summed E-state index contributed by atoms with van der Waals surface area (Å²) >= 11 is 0. The highest BCUT2D eigenvalue weighted by molar-refractivity contribution is 5.87. The Morgan fingerprint density at radius 3 is 2.62 bits per heavy atom. The van der Waals surface area contributed by atoms with Gasteiger partial charge in [0.25, 0.3) is 0 Å². The van der Waals surface area contributed by atoms with E-state index in [1.54, 1.807) is 10.9 Å². The molecular formula is C17H23N7. The fourth-order valence-electron chi connectivity index (χ4n) is 2.41. The first-order valence-corrected chi connectivity index (χ1v) is 7.99. The van der Waals surface area contributed by atoms with Crippen molar-refractivity contribution in [3.05, 3.63) is 42.1 Å². The second-order valence-electron chi connectivity index (χ2n) is 5.97. The number of aromatic nitrogens is 4. The van der Waals surface area contributed by atoms with Gasteiger partial charge in [0.05, 0.1) is 11.6 Å². The fraction of sp³-hybridized carbons (Fsp3) is 0.353. The van der Waals surface area contributed by atoms with Crippen LogP contribution in [0.5, 0.6) is 0 Å². The van der Waals surface area contributed by atoms with Gasteiger partial charge in [0.15, 0.2) is 5.65 Å². The standard InChI is InChI=1S/C17H23N7/c1-23(2)10-9-18-17-21-15(14-12-20-24(3)16(14)22-17)19-11-13-7-5-4-6-8-13/h4-8,12H,9-11H2,1-3H3,(H2,18,19,21,22). The first kappa shape index (κ1) is 16.2. The number of hydrogen-bond donors (Lipinski definition) is 2. The first-order valence-electron chi connectivity index (χ1n) is 7.99. The van der Waals surface area contributed by atoms with E-state index in [-0.39, 0.29) is 0 Å². The van der Waals surface area contributed by atoms with Gasteiger partial charge in [0.2, 0.25) is 5.95 Å². The van der Waals surface area contributed by atoms with Crippen LogP contribution in [0, 0.1) is 0 Å². The molecule has 1 aromatic carbocycles. The van der Waals surface area contributed by atoms with Crippen molar-refractivity contribution in [2.75, 3.05) is 37.8 Å². The Labute approximate surface area is 141 Å². The van der Waals surface area contributed by atoms with Crippen LogP contribution in [0.15, 0.2) is 36.5 Å². The minimum atomic E-state index is 0.614. The van der Waals surface area contributed by atoms with E-state index in [4.69, 9.17) is 0 Å². The second-order valence-corrected chi connectivity index (χ2v) is 5.97. The van der Waals surface area contributed by atoms with Gasteiger partial charge in [-0.1, -0.05) is 30.3 Å². The lowest BCUT2D eigenvalue weighted by Gasteiger charge is -2.12. The normalized spacial score (nSPS) is 11.2. The summed E-state index contributed by atoms with van der Waals surface area (Å²) in [6.45, 7) is 2.41. The minimum absolute atomic E-state index is 0.614. The third-order valence-electron chi connectivity index (χ3n) is 3.74. The quantitative estimate of drug-likeness (QED) is 0.692. The number of rotatable bonds is 7. The predicted octanol–water partition coefficient (Wildman–Crippen LogP) is 1.95. The molecule has 0 amide bonds. The van der Waals surface area contributed by atoms with Gasteiger partial charge in [-0.15, -0.1) is 0 Å². The highest BCUT2D eigenvalue weighted by atomic mass is 15.3. The molecule has 24 heavy (non-hydrogen) atoms. The topological polar surface area (TPSA) is 70.9 Å². The molecule has 0 atom stereocenters. The molecule has 0 radical (unpaired) electrons. The summed E-state index contributed by atoms with van der Waals surface area (Å²) in [5, 5.41) is 11.9. The van der Waals surface area contributed by atoms with Crippen LogP contribution >= 0.6 is 0 Å². The van der Waals surface area contributed by atoms with Crippen molar-refractivity contribution in [3.63, 3.8) is 0 Å². The first-order chi connectivity index (χ1) is 11.6. The highest BCUT2D eigenvalue weighted by Gasteiger charge is 2.11. The second kappa shape index (κ2) is 7.27. The van der Waals surface area contributed by atoms with Crippen LogP contribution in [0.3, 0.4) is 0 Å². The van der Waals surface area contributed by atoms with Crippen molar-refractivity contribution >= 4 is 22.8 Å². The third-order valence-corrected chi connectivity index (χ3v) is 3.74. The zero-order valence-corrected chi connectivity index (χ0v) is 14.3. The number of fused-ring (bicyclic) bond motifs is 1. The summed E-state index contributed by atoms with van der Waals surface area (Å²) in [5.41, 5.74) is 2.02. The maximum absolute atomic E-state index is 4.62. The van der Waals surface area contributed by atoms with Gasteiger partial charge in [0.1, 0.15) is 5.82 Å². The Morgan fingerprint density at radius 1 is 1.08 bits per heavy atom. The number of nitrogens with one attached hydrogen (secondary N) is 2. The predicted molar refractivity (Wildman–Crippen MR) is 97.1 cm³/mol. The molecule has 126 valence electrons. The van der Waals surface area contributed by atoms with Crippen LogP contribution in [0.2, 0.25) is 0 Å². The van der Waals surface area contributed by atoms with Crippen molar-refractivity contribution in [2.45, 2.75) is 6.54 Å². The van der Waals surface area contributed by atoms with Gasteiger partial charge in [-0.3, -0.25) is 4.68 Å². The molecule has 7 nitrogen and oxygen atoms in total. The smallest absolute Gasteiger partial charge is 0.226 e. The van der Waals surface area contributed by atoms with Crippen molar-refractivity contribution in [2.24, 2.45) is 7.05 Å². The highest BCUT2D eigenvalue weighted by Crippen LogP contribution is 2.21. The van der Waals surface area contributed by atoms with E-state index in [9.17, 15) is 0 Å².